The first-order valence-electron chi connectivity index (χ1n) is 5.10. The molecule has 0 heterocycles. The Hall–Kier alpha value is -1.57. The lowest BCUT2D eigenvalue weighted by Gasteiger charge is -2.10. The Morgan fingerprint density at radius 3 is 2.53 bits per heavy atom. The summed E-state index contributed by atoms with van der Waals surface area (Å²) in [6, 6.07) is 7.20. The second-order valence-electron chi connectivity index (χ2n) is 3.45. The molecule has 0 aliphatic heterocycles. The van der Waals surface area contributed by atoms with Crippen molar-refractivity contribution in [2.75, 3.05) is 0 Å². The van der Waals surface area contributed by atoms with Crippen LogP contribution >= 0.6 is 0 Å². The molecule has 15 heavy (non-hydrogen) atoms. The highest BCUT2D eigenvalue weighted by Gasteiger charge is 2.09. The van der Waals surface area contributed by atoms with E-state index in [1.54, 1.807) is 18.2 Å². The van der Waals surface area contributed by atoms with Gasteiger partial charge in [0.15, 0.2) is 0 Å². The van der Waals surface area contributed by atoms with Gasteiger partial charge in [-0.05, 0) is 31.0 Å². The summed E-state index contributed by atoms with van der Waals surface area (Å²) in [7, 11) is 0. The van der Waals surface area contributed by atoms with Gasteiger partial charge in [-0.15, -0.1) is 0 Å². The van der Waals surface area contributed by atoms with Crippen molar-refractivity contribution in [2.45, 2.75) is 26.4 Å². The molecule has 1 atom stereocenters. The number of hydrogen-bond donors (Lipinski definition) is 0. The van der Waals surface area contributed by atoms with Crippen molar-refractivity contribution in [3.8, 4) is 0 Å². The van der Waals surface area contributed by atoms with Gasteiger partial charge in [-0.2, -0.15) is 0 Å². The van der Waals surface area contributed by atoms with E-state index in [0.717, 1.165) is 12.0 Å². The lowest BCUT2D eigenvalue weighted by atomic mass is 10.1. The molecule has 1 aromatic rings. The van der Waals surface area contributed by atoms with E-state index in [4.69, 9.17) is 4.74 Å². The Labute approximate surface area is 90.6 Å². The van der Waals surface area contributed by atoms with Crippen LogP contribution in [-0.4, -0.2) is 12.1 Å². The zero-order valence-corrected chi connectivity index (χ0v) is 9.19. The van der Waals surface area contributed by atoms with Gasteiger partial charge >= 0.3 is 5.97 Å². The Morgan fingerprint density at radius 1 is 1.47 bits per heavy atom. The molecule has 0 radical (unpaired) electrons. The maximum absolute atomic E-state index is 11.6. The molecule has 0 aliphatic rings. The number of esters is 1. The Kier molecular flexibility index (Phi) is 4.10. The quantitative estimate of drug-likeness (QED) is 0.703. The maximum atomic E-state index is 11.6. The number of carbonyl (C=O) groups is 1. The summed E-state index contributed by atoms with van der Waals surface area (Å²) in [5.41, 5.74) is 1.58. The molecule has 0 bridgehead atoms. The van der Waals surface area contributed by atoms with Crippen molar-refractivity contribution in [1.29, 1.82) is 0 Å². The average Bonchev–Trinajstić information content (AvgIpc) is 2.29. The first kappa shape index (κ1) is 11.5. The van der Waals surface area contributed by atoms with Gasteiger partial charge < -0.3 is 4.74 Å². The van der Waals surface area contributed by atoms with Crippen LogP contribution in [0.15, 0.2) is 30.8 Å². The summed E-state index contributed by atoms with van der Waals surface area (Å²) in [6.07, 6.45) is 2.54. The number of rotatable bonds is 4. The molecule has 0 spiro atoms. The number of hydrogen-bond acceptors (Lipinski definition) is 2. The zero-order chi connectivity index (χ0) is 11.3. The van der Waals surface area contributed by atoms with Gasteiger partial charge in [0, 0.05) is 0 Å². The third kappa shape index (κ3) is 3.24. The smallest absolute Gasteiger partial charge is 0.338 e. The molecule has 1 aromatic carbocycles. The van der Waals surface area contributed by atoms with Crippen LogP contribution in [0.2, 0.25) is 0 Å². The Balaban J connectivity index is 2.70. The molecule has 0 amide bonds. The van der Waals surface area contributed by atoms with Crippen LogP contribution in [0.5, 0.6) is 0 Å². The molecule has 0 saturated carbocycles. The molecule has 2 heteroatoms. The second kappa shape index (κ2) is 5.35. The Bertz CT molecular complexity index is 338. The van der Waals surface area contributed by atoms with Crippen LogP contribution in [0.25, 0.3) is 6.08 Å². The van der Waals surface area contributed by atoms with E-state index in [-0.39, 0.29) is 12.1 Å². The van der Waals surface area contributed by atoms with E-state index in [1.165, 1.54) is 0 Å². The minimum atomic E-state index is -0.264. The molecule has 2 nitrogen and oxygen atoms in total. The fraction of sp³-hybridized carbons (Fsp3) is 0.308. The topological polar surface area (TPSA) is 26.3 Å². The minimum absolute atomic E-state index is 0.0309. The van der Waals surface area contributed by atoms with Crippen LogP contribution in [0.4, 0.5) is 0 Å². The van der Waals surface area contributed by atoms with Crippen molar-refractivity contribution in [3.63, 3.8) is 0 Å². The predicted octanol–water partition coefficient (Wildman–Crippen LogP) is 3.28. The summed E-state index contributed by atoms with van der Waals surface area (Å²) < 4.78 is 5.19. The van der Waals surface area contributed by atoms with Crippen molar-refractivity contribution >= 4 is 12.0 Å². The third-order valence-electron chi connectivity index (χ3n) is 2.27. The highest BCUT2D eigenvalue weighted by Crippen LogP contribution is 2.08. The fourth-order valence-corrected chi connectivity index (χ4v) is 1.09. The maximum Gasteiger partial charge on any atom is 0.338 e. The molecular weight excluding hydrogens is 188 g/mol. The van der Waals surface area contributed by atoms with Crippen LogP contribution in [0, 0.1) is 0 Å². The van der Waals surface area contributed by atoms with Gasteiger partial charge in [-0.3, -0.25) is 0 Å². The van der Waals surface area contributed by atoms with Gasteiger partial charge in [-0.25, -0.2) is 4.79 Å². The first-order chi connectivity index (χ1) is 7.17. The lowest BCUT2D eigenvalue weighted by molar-refractivity contribution is 0.0334. The normalized spacial score (nSPS) is 11.9. The Morgan fingerprint density at radius 2 is 2.07 bits per heavy atom. The molecule has 0 aliphatic carbocycles. The molecule has 1 rings (SSSR count). The standard InChI is InChI=1S/C13H16O2/c1-4-10(3)15-13(14)12-8-6-11(5-2)7-9-12/h5-10H,2,4H2,1,3H3/t10-/m0/s1. The minimum Gasteiger partial charge on any atom is -0.459 e. The number of carbonyl (C=O) groups excluding carboxylic acids is 1. The van der Waals surface area contributed by atoms with Gasteiger partial charge in [0.05, 0.1) is 11.7 Å². The summed E-state index contributed by atoms with van der Waals surface area (Å²) in [5, 5.41) is 0. The number of benzene rings is 1. The third-order valence-corrected chi connectivity index (χ3v) is 2.27. The molecule has 0 unspecified atom stereocenters. The summed E-state index contributed by atoms with van der Waals surface area (Å²) in [4.78, 5) is 11.6. The average molecular weight is 204 g/mol. The van der Waals surface area contributed by atoms with Crippen LogP contribution in [-0.2, 0) is 4.74 Å². The van der Waals surface area contributed by atoms with Gasteiger partial charge in [-0.1, -0.05) is 31.7 Å². The largest absolute Gasteiger partial charge is 0.459 e. The van der Waals surface area contributed by atoms with E-state index in [2.05, 4.69) is 6.58 Å². The monoisotopic (exact) mass is 204 g/mol. The van der Waals surface area contributed by atoms with Gasteiger partial charge in [0.25, 0.3) is 0 Å². The zero-order valence-electron chi connectivity index (χ0n) is 9.19. The van der Waals surface area contributed by atoms with E-state index in [1.807, 2.05) is 26.0 Å². The van der Waals surface area contributed by atoms with Crippen molar-refractivity contribution in [1.82, 2.24) is 0 Å². The number of ether oxygens (including phenoxy) is 1. The highest BCUT2D eigenvalue weighted by atomic mass is 16.5. The molecule has 0 saturated heterocycles. The van der Waals surface area contributed by atoms with E-state index in [0.29, 0.717) is 5.56 Å². The SMILES string of the molecule is C=Cc1ccc(C(=O)O[C@@H](C)CC)cc1. The van der Waals surface area contributed by atoms with Crippen LogP contribution in [0.3, 0.4) is 0 Å². The van der Waals surface area contributed by atoms with E-state index >= 15 is 0 Å². The second-order valence-corrected chi connectivity index (χ2v) is 3.45. The lowest BCUT2D eigenvalue weighted by Crippen LogP contribution is -2.13. The predicted molar refractivity (Wildman–Crippen MR) is 61.7 cm³/mol. The summed E-state index contributed by atoms with van der Waals surface area (Å²) in [5.74, 6) is -0.264. The summed E-state index contributed by atoms with van der Waals surface area (Å²) in [6.45, 7) is 7.52. The fourth-order valence-electron chi connectivity index (χ4n) is 1.09. The van der Waals surface area contributed by atoms with Crippen molar-refractivity contribution < 1.29 is 9.53 Å². The van der Waals surface area contributed by atoms with E-state index < -0.39 is 0 Å². The molecule has 0 fully saturated rings. The van der Waals surface area contributed by atoms with E-state index in [9.17, 15) is 4.79 Å². The first-order valence-corrected chi connectivity index (χ1v) is 5.10. The van der Waals surface area contributed by atoms with Crippen LogP contribution in [0.1, 0.15) is 36.2 Å². The van der Waals surface area contributed by atoms with Crippen molar-refractivity contribution in [3.05, 3.63) is 42.0 Å². The van der Waals surface area contributed by atoms with Gasteiger partial charge in [0.1, 0.15) is 0 Å². The molecular formula is C13H16O2. The highest BCUT2D eigenvalue weighted by molar-refractivity contribution is 5.89. The molecule has 0 N–H and O–H groups in total. The van der Waals surface area contributed by atoms with Crippen LogP contribution < -0.4 is 0 Å². The van der Waals surface area contributed by atoms with Crippen molar-refractivity contribution in [2.24, 2.45) is 0 Å². The molecule has 0 aromatic heterocycles. The molecule has 80 valence electrons. The summed E-state index contributed by atoms with van der Waals surface area (Å²) >= 11 is 0. The van der Waals surface area contributed by atoms with Gasteiger partial charge in [0.2, 0.25) is 0 Å².